The molecule has 0 saturated carbocycles. The number of nitrogens with zero attached hydrogens (tertiary/aromatic N) is 5. The number of morpholine rings is 1. The predicted molar refractivity (Wildman–Crippen MR) is 125 cm³/mol. The fourth-order valence-electron chi connectivity index (χ4n) is 3.88. The summed E-state index contributed by atoms with van der Waals surface area (Å²) in [7, 11) is 0. The van der Waals surface area contributed by atoms with Crippen LogP contribution in [0.4, 0.5) is 5.13 Å². The minimum Gasteiger partial charge on any atom is -0.379 e. The molecule has 3 heterocycles. The molecule has 0 spiro atoms. The third kappa shape index (κ3) is 4.81. The van der Waals surface area contributed by atoms with E-state index in [9.17, 15) is 4.79 Å². The second-order valence-electron chi connectivity index (χ2n) is 8.42. The lowest BCUT2D eigenvalue weighted by Gasteiger charge is -2.28. The number of thiazole rings is 1. The molecule has 1 aliphatic rings. The van der Waals surface area contributed by atoms with E-state index in [2.05, 4.69) is 36.0 Å². The Morgan fingerprint density at radius 2 is 1.97 bits per heavy atom. The van der Waals surface area contributed by atoms with E-state index >= 15 is 0 Å². The number of amides is 1. The van der Waals surface area contributed by atoms with Crippen LogP contribution in [0.5, 0.6) is 0 Å². The maximum atomic E-state index is 13.6. The molecule has 1 amide bonds. The molecular weight excluding hydrogens is 410 g/mol. The molecule has 0 radical (unpaired) electrons. The maximum Gasteiger partial charge on any atom is 0.278 e. The topological polar surface area (TPSA) is 63.5 Å². The summed E-state index contributed by atoms with van der Waals surface area (Å²) in [5, 5.41) is 5.12. The summed E-state index contributed by atoms with van der Waals surface area (Å²) in [5.74, 6) is -0.0410. The van der Waals surface area contributed by atoms with Gasteiger partial charge in [0.1, 0.15) is 5.69 Å². The van der Waals surface area contributed by atoms with Crippen molar-refractivity contribution in [3.8, 4) is 0 Å². The Bertz CT molecular complexity index is 1010. The van der Waals surface area contributed by atoms with Crippen molar-refractivity contribution in [3.63, 3.8) is 0 Å². The van der Waals surface area contributed by atoms with Gasteiger partial charge >= 0.3 is 0 Å². The van der Waals surface area contributed by atoms with Crippen molar-refractivity contribution in [2.75, 3.05) is 44.3 Å². The molecule has 0 N–H and O–H groups in total. The van der Waals surface area contributed by atoms with E-state index in [1.54, 1.807) is 28.3 Å². The zero-order chi connectivity index (χ0) is 22.0. The van der Waals surface area contributed by atoms with Gasteiger partial charge in [0, 0.05) is 38.4 Å². The first-order valence-electron chi connectivity index (χ1n) is 11.0. The van der Waals surface area contributed by atoms with Gasteiger partial charge in [-0.2, -0.15) is 5.10 Å². The molecular formula is C23H31N5O2S. The number of rotatable bonds is 7. The van der Waals surface area contributed by atoms with Crippen molar-refractivity contribution in [1.82, 2.24) is 19.7 Å². The third-order valence-electron chi connectivity index (χ3n) is 5.81. The summed E-state index contributed by atoms with van der Waals surface area (Å²) in [6, 6.07) is 6.20. The molecule has 1 aromatic carbocycles. The highest BCUT2D eigenvalue weighted by molar-refractivity contribution is 7.22. The average molecular weight is 442 g/mol. The molecule has 2 aromatic heterocycles. The molecule has 0 unspecified atom stereocenters. The van der Waals surface area contributed by atoms with Gasteiger partial charge in [-0.1, -0.05) is 11.3 Å². The summed E-state index contributed by atoms with van der Waals surface area (Å²) < 4.78 is 8.35. The number of hydrogen-bond acceptors (Lipinski definition) is 6. The summed E-state index contributed by atoms with van der Waals surface area (Å²) >= 11 is 1.58. The summed E-state index contributed by atoms with van der Waals surface area (Å²) in [5.41, 5.74) is 4.01. The number of aromatic nitrogens is 3. The Kier molecular flexibility index (Phi) is 6.69. The number of carbonyl (C=O) groups is 1. The first-order chi connectivity index (χ1) is 14.9. The van der Waals surface area contributed by atoms with Gasteiger partial charge in [0.15, 0.2) is 5.13 Å². The van der Waals surface area contributed by atoms with E-state index in [0.29, 0.717) is 12.2 Å². The fraction of sp³-hybridized carbons (Fsp3) is 0.522. The summed E-state index contributed by atoms with van der Waals surface area (Å²) in [6.45, 7) is 13.3. The standard InChI is InChI=1S/C23H31N5O2S/c1-16(2)28-20(6-7-24-28)22(29)27(9-5-8-26-10-12-30-13-11-26)23-25-19-14-17(3)18(4)15-21(19)31-23/h6-7,14-16H,5,8-13H2,1-4H3. The monoisotopic (exact) mass is 441 g/mol. The summed E-state index contributed by atoms with van der Waals surface area (Å²) in [4.78, 5) is 22.7. The van der Waals surface area contributed by atoms with Crippen LogP contribution in [-0.4, -0.2) is 65.0 Å². The number of aryl methyl sites for hydroxylation is 2. The van der Waals surface area contributed by atoms with E-state index in [1.165, 1.54) is 11.1 Å². The van der Waals surface area contributed by atoms with Gasteiger partial charge in [-0.15, -0.1) is 0 Å². The van der Waals surface area contributed by atoms with Crippen LogP contribution in [0.3, 0.4) is 0 Å². The highest BCUT2D eigenvalue weighted by Gasteiger charge is 2.25. The largest absolute Gasteiger partial charge is 0.379 e. The first kappa shape index (κ1) is 21.9. The molecule has 166 valence electrons. The fourth-order valence-corrected chi connectivity index (χ4v) is 4.95. The molecule has 1 fully saturated rings. The lowest BCUT2D eigenvalue weighted by atomic mass is 10.1. The smallest absolute Gasteiger partial charge is 0.278 e. The van der Waals surface area contributed by atoms with Crippen LogP contribution in [0.2, 0.25) is 0 Å². The first-order valence-corrected chi connectivity index (χ1v) is 11.8. The quantitative estimate of drug-likeness (QED) is 0.553. The van der Waals surface area contributed by atoms with Crippen LogP contribution in [-0.2, 0) is 4.74 Å². The highest BCUT2D eigenvalue weighted by atomic mass is 32.1. The van der Waals surface area contributed by atoms with E-state index in [1.807, 2.05) is 18.7 Å². The van der Waals surface area contributed by atoms with E-state index in [-0.39, 0.29) is 11.9 Å². The Labute approximate surface area is 187 Å². The third-order valence-corrected chi connectivity index (χ3v) is 6.85. The number of anilines is 1. The zero-order valence-corrected chi connectivity index (χ0v) is 19.6. The number of carbonyl (C=O) groups excluding carboxylic acids is 1. The van der Waals surface area contributed by atoms with Gasteiger partial charge in [-0.25, -0.2) is 4.98 Å². The molecule has 3 aromatic rings. The van der Waals surface area contributed by atoms with Gasteiger partial charge in [-0.3, -0.25) is 19.3 Å². The van der Waals surface area contributed by atoms with Crippen molar-refractivity contribution < 1.29 is 9.53 Å². The van der Waals surface area contributed by atoms with Crippen molar-refractivity contribution in [1.29, 1.82) is 0 Å². The average Bonchev–Trinajstić information content (AvgIpc) is 3.39. The molecule has 0 aliphatic carbocycles. The van der Waals surface area contributed by atoms with E-state index < -0.39 is 0 Å². The number of ether oxygens (including phenoxy) is 1. The number of benzene rings is 1. The second kappa shape index (κ2) is 9.46. The minimum absolute atomic E-state index is 0.0410. The van der Waals surface area contributed by atoms with Crippen molar-refractivity contribution in [3.05, 3.63) is 41.2 Å². The number of hydrogen-bond donors (Lipinski definition) is 0. The van der Waals surface area contributed by atoms with Crippen LogP contribution in [0, 0.1) is 13.8 Å². The Balaban J connectivity index is 1.61. The van der Waals surface area contributed by atoms with Crippen molar-refractivity contribution in [2.24, 2.45) is 0 Å². The van der Waals surface area contributed by atoms with Crippen molar-refractivity contribution >= 4 is 32.6 Å². The predicted octanol–water partition coefficient (Wildman–Crippen LogP) is 4.06. The van der Waals surface area contributed by atoms with Crippen LogP contribution in [0.15, 0.2) is 24.4 Å². The van der Waals surface area contributed by atoms with Crippen LogP contribution >= 0.6 is 11.3 Å². The van der Waals surface area contributed by atoms with Crippen LogP contribution < -0.4 is 4.90 Å². The molecule has 7 nitrogen and oxygen atoms in total. The molecule has 0 bridgehead atoms. The van der Waals surface area contributed by atoms with Gasteiger partial charge < -0.3 is 4.74 Å². The minimum atomic E-state index is -0.0410. The molecule has 1 aliphatic heterocycles. The second-order valence-corrected chi connectivity index (χ2v) is 9.43. The number of fused-ring (bicyclic) bond motifs is 1. The molecule has 4 rings (SSSR count). The molecule has 8 heteroatoms. The lowest BCUT2D eigenvalue weighted by Crippen LogP contribution is -2.39. The van der Waals surface area contributed by atoms with Gasteiger partial charge in [0.25, 0.3) is 5.91 Å². The Hall–Kier alpha value is -2.29. The zero-order valence-electron chi connectivity index (χ0n) is 18.8. The van der Waals surface area contributed by atoms with Crippen molar-refractivity contribution in [2.45, 2.75) is 40.2 Å². The molecule has 0 atom stereocenters. The van der Waals surface area contributed by atoms with Gasteiger partial charge in [0.2, 0.25) is 0 Å². The van der Waals surface area contributed by atoms with Crippen LogP contribution in [0.1, 0.15) is 47.9 Å². The normalized spacial score (nSPS) is 15.1. The van der Waals surface area contributed by atoms with E-state index in [0.717, 1.165) is 54.6 Å². The molecule has 1 saturated heterocycles. The molecule has 31 heavy (non-hydrogen) atoms. The van der Waals surface area contributed by atoms with E-state index in [4.69, 9.17) is 9.72 Å². The highest BCUT2D eigenvalue weighted by Crippen LogP contribution is 2.32. The van der Waals surface area contributed by atoms with Gasteiger partial charge in [-0.05, 0) is 63.4 Å². The maximum absolute atomic E-state index is 13.6. The lowest BCUT2D eigenvalue weighted by molar-refractivity contribution is 0.0376. The van der Waals surface area contributed by atoms with Gasteiger partial charge in [0.05, 0.1) is 23.4 Å². The Morgan fingerprint density at radius 1 is 1.23 bits per heavy atom. The Morgan fingerprint density at radius 3 is 2.71 bits per heavy atom. The SMILES string of the molecule is Cc1cc2nc(N(CCCN3CCOCC3)C(=O)c3ccnn3C(C)C)sc2cc1C. The summed E-state index contributed by atoms with van der Waals surface area (Å²) in [6.07, 6.45) is 2.58. The van der Waals surface area contributed by atoms with Crippen LogP contribution in [0.25, 0.3) is 10.2 Å².